The van der Waals surface area contributed by atoms with E-state index in [4.69, 9.17) is 10.5 Å². The van der Waals surface area contributed by atoms with Gasteiger partial charge in [-0.15, -0.1) is 0 Å². The molecule has 1 unspecified atom stereocenters. The summed E-state index contributed by atoms with van der Waals surface area (Å²) < 4.78 is 5.39. The zero-order valence-electron chi connectivity index (χ0n) is 13.7. The fourth-order valence-corrected chi connectivity index (χ4v) is 3.55. The molecule has 1 aliphatic heterocycles. The van der Waals surface area contributed by atoms with Crippen molar-refractivity contribution >= 4 is 5.91 Å². The van der Waals surface area contributed by atoms with Crippen LogP contribution in [-0.2, 0) is 16.8 Å². The number of benzene rings is 1. The Hall–Kier alpha value is -1.63. The van der Waals surface area contributed by atoms with Crippen LogP contribution in [-0.4, -0.2) is 57.2 Å². The minimum Gasteiger partial charge on any atom is -0.496 e. The molecule has 1 saturated heterocycles. The molecule has 1 amide bonds. The number of piperazine rings is 1. The van der Waals surface area contributed by atoms with Gasteiger partial charge in [-0.25, -0.2) is 0 Å². The van der Waals surface area contributed by atoms with E-state index in [1.807, 2.05) is 18.2 Å². The van der Waals surface area contributed by atoms with Crippen LogP contribution in [0.3, 0.4) is 0 Å². The molecule has 1 aromatic carbocycles. The summed E-state index contributed by atoms with van der Waals surface area (Å²) in [5.74, 6) is 0.739. The normalized spacial score (nSPS) is 24.3. The summed E-state index contributed by atoms with van der Waals surface area (Å²) in [6, 6.07) is 5.77. The molecule has 1 aliphatic carbocycles. The highest BCUT2D eigenvalue weighted by molar-refractivity contribution is 5.89. The van der Waals surface area contributed by atoms with Crippen LogP contribution in [0, 0.1) is 0 Å². The van der Waals surface area contributed by atoms with Gasteiger partial charge in [-0.1, -0.05) is 12.1 Å². The predicted molar refractivity (Wildman–Crippen MR) is 89.5 cm³/mol. The number of nitrogens with two attached hydrogens (primary N) is 1. The maximum atomic E-state index is 12.7. The largest absolute Gasteiger partial charge is 0.496 e. The van der Waals surface area contributed by atoms with Crippen molar-refractivity contribution in [1.29, 1.82) is 0 Å². The van der Waals surface area contributed by atoms with E-state index >= 15 is 0 Å². The Balaban J connectivity index is 1.62. The molecule has 0 aromatic heterocycles. The lowest BCUT2D eigenvalue weighted by Gasteiger charge is -2.28. The number of hydrogen-bond acceptors (Lipinski definition) is 5. The number of rotatable bonds is 5. The molecule has 1 aromatic rings. The molecule has 2 aliphatic rings. The van der Waals surface area contributed by atoms with E-state index in [2.05, 4.69) is 15.5 Å². The fourth-order valence-electron chi connectivity index (χ4n) is 3.55. The number of ether oxygens (including phenoxy) is 1. The Morgan fingerprint density at radius 1 is 1.43 bits per heavy atom. The minimum atomic E-state index is -0.937. The summed E-state index contributed by atoms with van der Waals surface area (Å²) in [7, 11) is 1.65. The number of carbonyl (C=O) groups excluding carboxylic acids is 1. The van der Waals surface area contributed by atoms with Gasteiger partial charge in [0, 0.05) is 39.3 Å². The van der Waals surface area contributed by atoms with E-state index in [9.17, 15) is 4.79 Å². The van der Waals surface area contributed by atoms with Crippen LogP contribution >= 0.6 is 0 Å². The minimum absolute atomic E-state index is 0.0837. The van der Waals surface area contributed by atoms with E-state index in [0.29, 0.717) is 13.0 Å². The molecule has 1 heterocycles. The first-order valence-electron chi connectivity index (χ1n) is 8.32. The van der Waals surface area contributed by atoms with Gasteiger partial charge in [-0.05, 0) is 30.0 Å². The van der Waals surface area contributed by atoms with Crippen molar-refractivity contribution in [2.75, 3.05) is 46.4 Å². The van der Waals surface area contributed by atoms with Gasteiger partial charge in [0.05, 0.1) is 7.11 Å². The number of fused-ring (bicyclic) bond motifs is 1. The third-order valence-corrected chi connectivity index (χ3v) is 4.93. The number of nitrogens with zero attached hydrogens (tertiary/aromatic N) is 1. The van der Waals surface area contributed by atoms with Crippen molar-refractivity contribution in [3.63, 3.8) is 0 Å². The third-order valence-electron chi connectivity index (χ3n) is 4.93. The average Bonchev–Trinajstić information content (AvgIpc) is 2.94. The second-order valence-electron chi connectivity index (χ2n) is 6.31. The van der Waals surface area contributed by atoms with Crippen LogP contribution in [0.15, 0.2) is 18.2 Å². The summed E-state index contributed by atoms with van der Waals surface area (Å²) in [5.41, 5.74) is 7.49. The van der Waals surface area contributed by atoms with Crippen molar-refractivity contribution in [2.45, 2.75) is 18.4 Å². The highest BCUT2D eigenvalue weighted by Crippen LogP contribution is 2.39. The molecule has 1 atom stereocenters. The highest BCUT2D eigenvalue weighted by atomic mass is 16.5. The second kappa shape index (κ2) is 6.86. The van der Waals surface area contributed by atoms with Crippen LogP contribution in [0.4, 0.5) is 0 Å². The molecule has 6 heteroatoms. The summed E-state index contributed by atoms with van der Waals surface area (Å²) in [6.07, 6.45) is 1.41. The van der Waals surface area contributed by atoms with E-state index in [1.54, 1.807) is 7.11 Å². The number of nitrogens with one attached hydrogen (secondary N) is 2. The lowest BCUT2D eigenvalue weighted by Crippen LogP contribution is -2.52. The maximum absolute atomic E-state index is 12.7. The molecular formula is C17H26N4O2. The van der Waals surface area contributed by atoms with Gasteiger partial charge in [0.15, 0.2) is 0 Å². The van der Waals surface area contributed by atoms with E-state index in [1.165, 1.54) is 0 Å². The van der Waals surface area contributed by atoms with Crippen molar-refractivity contribution in [3.05, 3.63) is 29.3 Å². The molecule has 126 valence electrons. The summed E-state index contributed by atoms with van der Waals surface area (Å²) in [6.45, 7) is 5.60. The highest BCUT2D eigenvalue weighted by Gasteiger charge is 2.42. The Kier molecular flexibility index (Phi) is 4.84. The Labute approximate surface area is 137 Å². The molecule has 4 N–H and O–H groups in total. The summed E-state index contributed by atoms with van der Waals surface area (Å²) in [4.78, 5) is 15.0. The number of methoxy groups -OCH3 is 1. The monoisotopic (exact) mass is 318 g/mol. The van der Waals surface area contributed by atoms with Gasteiger partial charge >= 0.3 is 0 Å². The van der Waals surface area contributed by atoms with Gasteiger partial charge in [0.2, 0.25) is 5.91 Å². The zero-order valence-corrected chi connectivity index (χ0v) is 13.7. The Morgan fingerprint density at radius 2 is 2.22 bits per heavy atom. The number of hydrogen-bond donors (Lipinski definition) is 3. The van der Waals surface area contributed by atoms with Gasteiger partial charge < -0.3 is 21.1 Å². The van der Waals surface area contributed by atoms with Crippen molar-refractivity contribution < 1.29 is 9.53 Å². The zero-order chi connectivity index (χ0) is 16.3. The van der Waals surface area contributed by atoms with Gasteiger partial charge in [0.1, 0.15) is 11.3 Å². The average molecular weight is 318 g/mol. The molecule has 0 bridgehead atoms. The fraction of sp³-hybridized carbons (Fsp3) is 0.588. The standard InChI is InChI=1S/C17H26N4O2/c1-23-15-4-2-3-14-13(15)5-6-17(14,18)16(22)20-9-12-21-10-7-19-8-11-21/h2-4,19H,5-12,18H2,1H3,(H,20,22). The second-order valence-corrected chi connectivity index (χ2v) is 6.31. The van der Waals surface area contributed by atoms with Crippen LogP contribution in [0.2, 0.25) is 0 Å². The van der Waals surface area contributed by atoms with Crippen molar-refractivity contribution in [2.24, 2.45) is 5.73 Å². The topological polar surface area (TPSA) is 79.6 Å². The van der Waals surface area contributed by atoms with Gasteiger partial charge in [-0.2, -0.15) is 0 Å². The van der Waals surface area contributed by atoms with Crippen LogP contribution in [0.1, 0.15) is 17.5 Å². The molecule has 3 rings (SSSR count). The lowest BCUT2D eigenvalue weighted by atomic mass is 9.92. The molecule has 0 radical (unpaired) electrons. The van der Waals surface area contributed by atoms with E-state index < -0.39 is 5.54 Å². The van der Waals surface area contributed by atoms with Crippen molar-refractivity contribution in [1.82, 2.24) is 15.5 Å². The van der Waals surface area contributed by atoms with Gasteiger partial charge in [0.25, 0.3) is 0 Å². The molecular weight excluding hydrogens is 292 g/mol. The summed E-state index contributed by atoms with van der Waals surface area (Å²) in [5, 5.41) is 6.35. The van der Waals surface area contributed by atoms with Gasteiger partial charge in [-0.3, -0.25) is 9.69 Å². The lowest BCUT2D eigenvalue weighted by molar-refractivity contribution is -0.126. The van der Waals surface area contributed by atoms with Crippen LogP contribution in [0.25, 0.3) is 0 Å². The van der Waals surface area contributed by atoms with Crippen LogP contribution < -0.4 is 21.1 Å². The Morgan fingerprint density at radius 3 is 2.96 bits per heavy atom. The smallest absolute Gasteiger partial charge is 0.244 e. The third kappa shape index (κ3) is 3.20. The summed E-state index contributed by atoms with van der Waals surface area (Å²) >= 11 is 0. The van der Waals surface area contributed by atoms with Crippen molar-refractivity contribution in [3.8, 4) is 5.75 Å². The molecule has 0 saturated carbocycles. The first-order chi connectivity index (χ1) is 11.1. The SMILES string of the molecule is COc1cccc2c1CCC2(N)C(=O)NCCN1CCNCC1. The molecule has 1 fully saturated rings. The Bertz CT molecular complexity index is 572. The first-order valence-corrected chi connectivity index (χ1v) is 8.32. The molecule has 0 spiro atoms. The first kappa shape index (κ1) is 16.2. The quantitative estimate of drug-likeness (QED) is 0.702. The molecule has 6 nitrogen and oxygen atoms in total. The predicted octanol–water partition coefficient (Wildman–Crippen LogP) is -0.183. The number of carbonyl (C=O) groups is 1. The molecule has 23 heavy (non-hydrogen) atoms. The van der Waals surface area contributed by atoms with E-state index in [0.717, 1.165) is 56.0 Å². The maximum Gasteiger partial charge on any atom is 0.244 e. The number of amides is 1. The van der Waals surface area contributed by atoms with Crippen LogP contribution in [0.5, 0.6) is 5.75 Å². The van der Waals surface area contributed by atoms with E-state index in [-0.39, 0.29) is 5.91 Å².